The lowest BCUT2D eigenvalue weighted by Gasteiger charge is -2.38. The molecule has 1 aromatic rings. The van der Waals surface area contributed by atoms with Gasteiger partial charge in [0.25, 0.3) is 0 Å². The van der Waals surface area contributed by atoms with E-state index in [1.54, 1.807) is 11.8 Å². The summed E-state index contributed by atoms with van der Waals surface area (Å²) in [6.45, 7) is 9.84. The highest BCUT2D eigenvalue weighted by Gasteiger charge is 2.31. The molecule has 2 heterocycles. The molecule has 2 aliphatic rings. The molecular formula is C22H33N3O4. The van der Waals surface area contributed by atoms with E-state index in [2.05, 4.69) is 11.0 Å². The molecule has 1 aromatic carbocycles. The molecule has 2 fully saturated rings. The van der Waals surface area contributed by atoms with Crippen molar-refractivity contribution in [3.05, 3.63) is 29.8 Å². The Morgan fingerprint density at radius 2 is 1.59 bits per heavy atom. The van der Waals surface area contributed by atoms with E-state index in [0.717, 1.165) is 38.2 Å². The molecule has 2 aliphatic heterocycles. The van der Waals surface area contributed by atoms with Crippen molar-refractivity contribution >= 4 is 12.0 Å². The summed E-state index contributed by atoms with van der Waals surface area (Å²) in [7, 11) is 0. The highest BCUT2D eigenvalue weighted by atomic mass is 16.6. The van der Waals surface area contributed by atoms with E-state index in [-0.39, 0.29) is 17.9 Å². The fourth-order valence-electron chi connectivity index (χ4n) is 4.09. The van der Waals surface area contributed by atoms with Crippen LogP contribution in [-0.4, -0.2) is 79.2 Å². The van der Waals surface area contributed by atoms with Crippen LogP contribution in [0.15, 0.2) is 24.3 Å². The van der Waals surface area contributed by atoms with Crippen LogP contribution < -0.4 is 4.74 Å². The minimum absolute atomic E-state index is 0.0857. The predicted molar refractivity (Wildman–Crippen MR) is 111 cm³/mol. The minimum atomic E-state index is -0.278. The molecule has 7 heteroatoms. The standard InChI is InChI=1S/C22H33N3O4/c1-3-28-20-8-6-5-7-19(20)17-23-11-9-18(10-12-23)21(26)24-13-15-25(16-14-24)22(27)29-4-2/h5-8,18H,3-4,9-17H2,1-2H3. The quantitative estimate of drug-likeness (QED) is 0.731. The molecule has 0 saturated carbocycles. The Balaban J connectivity index is 1.45. The molecule has 0 spiro atoms. The van der Waals surface area contributed by atoms with Crippen LogP contribution in [0.5, 0.6) is 5.75 Å². The van der Waals surface area contributed by atoms with Crippen LogP contribution in [-0.2, 0) is 16.1 Å². The maximum Gasteiger partial charge on any atom is 0.409 e. The van der Waals surface area contributed by atoms with Crippen LogP contribution in [0.3, 0.4) is 0 Å². The Labute approximate surface area is 173 Å². The zero-order chi connectivity index (χ0) is 20.6. The Morgan fingerprint density at radius 3 is 2.24 bits per heavy atom. The van der Waals surface area contributed by atoms with Gasteiger partial charge in [-0.1, -0.05) is 18.2 Å². The zero-order valence-electron chi connectivity index (χ0n) is 17.6. The fraction of sp³-hybridized carbons (Fsp3) is 0.636. The first kappa shape index (κ1) is 21.4. The molecular weight excluding hydrogens is 370 g/mol. The number of carbonyl (C=O) groups excluding carboxylic acids is 2. The average Bonchev–Trinajstić information content (AvgIpc) is 2.76. The molecule has 0 atom stereocenters. The van der Waals surface area contributed by atoms with Crippen LogP contribution in [0.2, 0.25) is 0 Å². The van der Waals surface area contributed by atoms with Gasteiger partial charge in [0, 0.05) is 44.2 Å². The number of piperazine rings is 1. The molecule has 7 nitrogen and oxygen atoms in total. The summed E-state index contributed by atoms with van der Waals surface area (Å²) in [6.07, 6.45) is 1.49. The van der Waals surface area contributed by atoms with E-state index in [0.29, 0.717) is 39.4 Å². The maximum absolute atomic E-state index is 12.9. The number of hydrogen-bond donors (Lipinski definition) is 0. The van der Waals surface area contributed by atoms with E-state index < -0.39 is 0 Å². The molecule has 3 rings (SSSR count). The number of nitrogens with zero attached hydrogens (tertiary/aromatic N) is 3. The first-order valence-electron chi connectivity index (χ1n) is 10.8. The number of piperidine rings is 1. The summed E-state index contributed by atoms with van der Waals surface area (Å²) in [5.41, 5.74) is 1.20. The smallest absolute Gasteiger partial charge is 0.409 e. The van der Waals surface area contributed by atoms with Crippen LogP contribution >= 0.6 is 0 Å². The maximum atomic E-state index is 12.9. The van der Waals surface area contributed by atoms with Crippen molar-refractivity contribution in [1.29, 1.82) is 0 Å². The number of para-hydroxylation sites is 1. The molecule has 2 amide bonds. The highest BCUT2D eigenvalue weighted by molar-refractivity contribution is 5.79. The summed E-state index contributed by atoms with van der Waals surface area (Å²) in [5.74, 6) is 1.28. The molecule has 160 valence electrons. The van der Waals surface area contributed by atoms with Gasteiger partial charge in [-0.25, -0.2) is 4.79 Å². The molecule has 0 aromatic heterocycles. The SMILES string of the molecule is CCOC(=O)N1CCN(C(=O)C2CCN(Cc3ccccc3OCC)CC2)CC1. The Bertz CT molecular complexity index is 680. The summed E-state index contributed by atoms with van der Waals surface area (Å²) in [6, 6.07) is 8.18. The van der Waals surface area contributed by atoms with E-state index in [1.165, 1.54) is 5.56 Å². The summed E-state index contributed by atoms with van der Waals surface area (Å²) >= 11 is 0. The average molecular weight is 404 g/mol. The third-order valence-corrected chi connectivity index (χ3v) is 5.72. The van der Waals surface area contributed by atoms with Gasteiger partial charge >= 0.3 is 6.09 Å². The number of hydrogen-bond acceptors (Lipinski definition) is 5. The predicted octanol–water partition coefficient (Wildman–Crippen LogP) is 2.60. The molecule has 0 bridgehead atoms. The summed E-state index contributed by atoms with van der Waals surface area (Å²) in [5, 5.41) is 0. The van der Waals surface area contributed by atoms with Gasteiger partial charge < -0.3 is 19.3 Å². The Kier molecular flexibility index (Phi) is 7.75. The third-order valence-electron chi connectivity index (χ3n) is 5.72. The second-order valence-electron chi connectivity index (χ2n) is 7.60. The van der Waals surface area contributed by atoms with Gasteiger partial charge in [0.15, 0.2) is 0 Å². The van der Waals surface area contributed by atoms with E-state index in [4.69, 9.17) is 9.47 Å². The van der Waals surface area contributed by atoms with E-state index >= 15 is 0 Å². The van der Waals surface area contributed by atoms with E-state index in [1.807, 2.05) is 30.0 Å². The Morgan fingerprint density at radius 1 is 0.931 bits per heavy atom. The van der Waals surface area contributed by atoms with Gasteiger partial charge in [-0.15, -0.1) is 0 Å². The van der Waals surface area contributed by atoms with Crippen LogP contribution in [0, 0.1) is 5.92 Å². The van der Waals surface area contributed by atoms with Crippen molar-refractivity contribution in [3.63, 3.8) is 0 Å². The fourth-order valence-corrected chi connectivity index (χ4v) is 4.09. The number of ether oxygens (including phenoxy) is 2. The van der Waals surface area contributed by atoms with Crippen LogP contribution in [0.1, 0.15) is 32.3 Å². The van der Waals surface area contributed by atoms with E-state index in [9.17, 15) is 9.59 Å². The second kappa shape index (κ2) is 10.5. The third kappa shape index (κ3) is 5.63. The van der Waals surface area contributed by atoms with Gasteiger partial charge in [-0.3, -0.25) is 9.69 Å². The topological polar surface area (TPSA) is 62.3 Å². The van der Waals surface area contributed by atoms with Gasteiger partial charge in [0.2, 0.25) is 5.91 Å². The molecule has 0 radical (unpaired) electrons. The van der Waals surface area contributed by atoms with Crippen molar-refractivity contribution in [2.45, 2.75) is 33.2 Å². The minimum Gasteiger partial charge on any atom is -0.494 e. The van der Waals surface area contributed by atoms with Crippen LogP contribution in [0.4, 0.5) is 4.79 Å². The normalized spacial score (nSPS) is 18.6. The molecule has 0 unspecified atom stereocenters. The zero-order valence-corrected chi connectivity index (χ0v) is 17.6. The second-order valence-corrected chi connectivity index (χ2v) is 7.60. The van der Waals surface area contributed by atoms with Gasteiger partial charge in [0.1, 0.15) is 5.75 Å². The largest absolute Gasteiger partial charge is 0.494 e. The van der Waals surface area contributed by atoms with Gasteiger partial charge in [-0.05, 0) is 45.8 Å². The molecule has 29 heavy (non-hydrogen) atoms. The van der Waals surface area contributed by atoms with Crippen LogP contribution in [0.25, 0.3) is 0 Å². The number of carbonyl (C=O) groups is 2. The van der Waals surface area contributed by atoms with Crippen molar-refractivity contribution in [1.82, 2.24) is 14.7 Å². The first-order chi connectivity index (χ1) is 14.1. The number of amides is 2. The first-order valence-corrected chi connectivity index (χ1v) is 10.8. The number of rotatable bonds is 6. The van der Waals surface area contributed by atoms with Crippen molar-refractivity contribution < 1.29 is 19.1 Å². The van der Waals surface area contributed by atoms with Gasteiger partial charge in [0.05, 0.1) is 13.2 Å². The summed E-state index contributed by atoms with van der Waals surface area (Å²) in [4.78, 5) is 30.7. The van der Waals surface area contributed by atoms with Crippen molar-refractivity contribution in [2.75, 3.05) is 52.5 Å². The number of benzene rings is 1. The summed E-state index contributed by atoms with van der Waals surface area (Å²) < 4.78 is 10.8. The monoisotopic (exact) mass is 403 g/mol. The molecule has 0 N–H and O–H groups in total. The van der Waals surface area contributed by atoms with Gasteiger partial charge in [-0.2, -0.15) is 0 Å². The molecule has 0 aliphatic carbocycles. The Hall–Kier alpha value is -2.28. The van der Waals surface area contributed by atoms with Crippen molar-refractivity contribution in [2.24, 2.45) is 5.92 Å². The lowest BCUT2D eigenvalue weighted by Crippen LogP contribution is -2.53. The highest BCUT2D eigenvalue weighted by Crippen LogP contribution is 2.25. The lowest BCUT2D eigenvalue weighted by molar-refractivity contribution is -0.138. The lowest BCUT2D eigenvalue weighted by atomic mass is 9.94. The number of likely N-dealkylation sites (tertiary alicyclic amines) is 1. The van der Waals surface area contributed by atoms with Crippen molar-refractivity contribution in [3.8, 4) is 5.75 Å². The molecule has 2 saturated heterocycles.